The lowest BCUT2D eigenvalue weighted by molar-refractivity contribution is -0.141. The molecule has 0 radical (unpaired) electrons. The van der Waals surface area contributed by atoms with E-state index >= 15 is 0 Å². The maximum absolute atomic E-state index is 10.9. The predicted octanol–water partition coefficient (Wildman–Crippen LogP) is 3.21. The smallest absolute Gasteiger partial charge is 0.306 e. The molecule has 1 unspecified atom stereocenters. The second-order valence-corrected chi connectivity index (χ2v) is 5.43. The molecule has 19 heavy (non-hydrogen) atoms. The van der Waals surface area contributed by atoms with Crippen molar-refractivity contribution in [1.82, 2.24) is 9.55 Å². The second kappa shape index (κ2) is 5.57. The number of halogens is 1. The molecular weight excluding hydrogens is 308 g/mol. The number of benzene rings is 1. The highest BCUT2D eigenvalue weighted by Crippen LogP contribution is 2.24. The largest absolute Gasteiger partial charge is 0.481 e. The number of aliphatic carboxylic acids is 1. The van der Waals surface area contributed by atoms with Crippen LogP contribution < -0.4 is 0 Å². The van der Waals surface area contributed by atoms with Gasteiger partial charge in [-0.3, -0.25) is 4.79 Å². The van der Waals surface area contributed by atoms with Crippen molar-refractivity contribution in [3.63, 3.8) is 0 Å². The lowest BCUT2D eigenvalue weighted by atomic mass is 10.0. The number of aryl methyl sites for hydroxylation is 1. The van der Waals surface area contributed by atoms with Crippen LogP contribution in [0.5, 0.6) is 0 Å². The zero-order valence-electron chi connectivity index (χ0n) is 10.8. The first kappa shape index (κ1) is 13.8. The summed E-state index contributed by atoms with van der Waals surface area (Å²) >= 11 is 3.53. The van der Waals surface area contributed by atoms with Gasteiger partial charge in [0.25, 0.3) is 0 Å². The molecule has 0 amide bonds. The van der Waals surface area contributed by atoms with E-state index in [0.717, 1.165) is 21.5 Å². The Kier molecular flexibility index (Phi) is 4.04. The van der Waals surface area contributed by atoms with Crippen molar-refractivity contribution in [2.45, 2.75) is 20.3 Å². The zero-order valence-corrected chi connectivity index (χ0v) is 12.4. The van der Waals surface area contributed by atoms with Crippen LogP contribution in [0.4, 0.5) is 0 Å². The van der Waals surface area contributed by atoms with Gasteiger partial charge >= 0.3 is 5.97 Å². The van der Waals surface area contributed by atoms with Crippen LogP contribution in [0.15, 0.2) is 35.1 Å². The Balaban J connectivity index is 2.28. The molecule has 0 aliphatic heterocycles. The second-order valence-electron chi connectivity index (χ2n) is 4.57. The first-order valence-electron chi connectivity index (χ1n) is 6.00. The molecule has 2 rings (SSSR count). The van der Waals surface area contributed by atoms with Gasteiger partial charge in [0.05, 0.1) is 11.6 Å². The normalized spacial score (nSPS) is 12.4. The number of aromatic nitrogens is 2. The Morgan fingerprint density at radius 1 is 1.53 bits per heavy atom. The van der Waals surface area contributed by atoms with Gasteiger partial charge in [0.15, 0.2) is 0 Å². The van der Waals surface area contributed by atoms with E-state index in [2.05, 4.69) is 20.9 Å². The molecular formula is C14H15BrN2O2. The van der Waals surface area contributed by atoms with Crippen LogP contribution in [0, 0.1) is 12.8 Å². The molecule has 0 spiro atoms. The Bertz CT molecular complexity index is 607. The van der Waals surface area contributed by atoms with Crippen molar-refractivity contribution in [2.24, 2.45) is 5.92 Å². The summed E-state index contributed by atoms with van der Waals surface area (Å²) in [5.41, 5.74) is 2.00. The van der Waals surface area contributed by atoms with Gasteiger partial charge in [0, 0.05) is 16.9 Å². The maximum atomic E-state index is 10.9. The van der Waals surface area contributed by atoms with Crippen molar-refractivity contribution >= 4 is 21.9 Å². The summed E-state index contributed by atoms with van der Waals surface area (Å²) in [6.07, 6.45) is 4.17. The van der Waals surface area contributed by atoms with E-state index in [0.29, 0.717) is 6.42 Å². The number of hydrogen-bond acceptors (Lipinski definition) is 2. The average Bonchev–Trinajstić information content (AvgIpc) is 2.75. The highest BCUT2D eigenvalue weighted by Gasteiger charge is 2.13. The molecule has 0 bridgehead atoms. The molecule has 100 valence electrons. The number of carbonyl (C=O) groups is 1. The van der Waals surface area contributed by atoms with Crippen LogP contribution in [0.1, 0.15) is 18.3 Å². The number of carboxylic acid groups (broad SMARTS) is 1. The number of rotatable bonds is 4. The molecule has 1 aromatic carbocycles. The van der Waals surface area contributed by atoms with Crippen molar-refractivity contribution < 1.29 is 9.90 Å². The number of imidazole rings is 1. The third-order valence-electron chi connectivity index (χ3n) is 3.06. The highest BCUT2D eigenvalue weighted by molar-refractivity contribution is 9.10. The van der Waals surface area contributed by atoms with E-state index in [1.165, 1.54) is 0 Å². The summed E-state index contributed by atoms with van der Waals surface area (Å²) in [6, 6.07) is 5.90. The first-order chi connectivity index (χ1) is 8.99. The van der Waals surface area contributed by atoms with Crippen LogP contribution in [-0.2, 0) is 11.2 Å². The highest BCUT2D eigenvalue weighted by atomic mass is 79.9. The van der Waals surface area contributed by atoms with Gasteiger partial charge in [0.2, 0.25) is 0 Å². The zero-order chi connectivity index (χ0) is 14.0. The van der Waals surface area contributed by atoms with Gasteiger partial charge in [-0.2, -0.15) is 0 Å². The minimum Gasteiger partial charge on any atom is -0.481 e. The molecule has 0 saturated heterocycles. The fourth-order valence-electron chi connectivity index (χ4n) is 1.95. The van der Waals surface area contributed by atoms with Crippen LogP contribution in [0.3, 0.4) is 0 Å². The molecule has 1 aromatic heterocycles. The van der Waals surface area contributed by atoms with Crippen LogP contribution >= 0.6 is 15.9 Å². The summed E-state index contributed by atoms with van der Waals surface area (Å²) in [4.78, 5) is 15.1. The van der Waals surface area contributed by atoms with Gasteiger partial charge in [-0.1, -0.05) is 13.0 Å². The topological polar surface area (TPSA) is 55.1 Å². The summed E-state index contributed by atoms with van der Waals surface area (Å²) in [5, 5.41) is 8.93. The van der Waals surface area contributed by atoms with E-state index in [1.54, 1.807) is 13.1 Å². The monoisotopic (exact) mass is 322 g/mol. The Labute approximate surface area is 120 Å². The van der Waals surface area contributed by atoms with Crippen LogP contribution in [0.25, 0.3) is 5.69 Å². The van der Waals surface area contributed by atoms with Gasteiger partial charge < -0.3 is 9.67 Å². The molecule has 1 atom stereocenters. The molecule has 0 fully saturated rings. The van der Waals surface area contributed by atoms with E-state index in [1.807, 2.05) is 35.9 Å². The number of nitrogens with zero attached hydrogens (tertiary/aromatic N) is 2. The third kappa shape index (κ3) is 3.04. The van der Waals surface area contributed by atoms with E-state index in [4.69, 9.17) is 5.11 Å². The molecule has 0 aliphatic carbocycles. The summed E-state index contributed by atoms with van der Waals surface area (Å²) in [7, 11) is 0. The Hall–Kier alpha value is -1.62. The predicted molar refractivity (Wildman–Crippen MR) is 76.5 cm³/mol. The Morgan fingerprint density at radius 2 is 2.26 bits per heavy atom. The van der Waals surface area contributed by atoms with E-state index in [9.17, 15) is 4.79 Å². The maximum Gasteiger partial charge on any atom is 0.306 e. The van der Waals surface area contributed by atoms with Crippen LogP contribution in [0.2, 0.25) is 0 Å². The molecule has 0 aliphatic rings. The fourth-order valence-corrected chi connectivity index (χ4v) is 2.56. The number of carboxylic acids is 1. The summed E-state index contributed by atoms with van der Waals surface area (Å²) in [5.74, 6) is -0.245. The van der Waals surface area contributed by atoms with Gasteiger partial charge in [-0.25, -0.2) is 4.98 Å². The van der Waals surface area contributed by atoms with Gasteiger partial charge in [0.1, 0.15) is 5.82 Å². The minimum absolute atomic E-state index is 0.382. The lowest BCUT2D eigenvalue weighted by Crippen LogP contribution is -2.12. The van der Waals surface area contributed by atoms with Crippen molar-refractivity contribution in [3.05, 3.63) is 46.5 Å². The fraction of sp³-hybridized carbons (Fsp3) is 0.286. The van der Waals surface area contributed by atoms with Crippen molar-refractivity contribution in [3.8, 4) is 5.69 Å². The molecule has 2 aromatic rings. The minimum atomic E-state index is -0.773. The van der Waals surface area contributed by atoms with Gasteiger partial charge in [-0.15, -0.1) is 0 Å². The quantitative estimate of drug-likeness (QED) is 0.940. The van der Waals surface area contributed by atoms with Crippen molar-refractivity contribution in [1.29, 1.82) is 0 Å². The standard InChI is InChI=1S/C14H15BrN2O2/c1-9(14(18)19)7-11-3-4-13(12(15)8-11)17-6-5-16-10(17)2/h3-6,8-9H,7H2,1-2H3,(H,18,19). The van der Waals surface area contributed by atoms with Crippen LogP contribution in [-0.4, -0.2) is 20.6 Å². The summed E-state index contributed by atoms with van der Waals surface area (Å²) in [6.45, 7) is 3.65. The molecule has 4 nitrogen and oxygen atoms in total. The first-order valence-corrected chi connectivity index (χ1v) is 6.80. The Morgan fingerprint density at radius 3 is 2.79 bits per heavy atom. The van der Waals surface area contributed by atoms with E-state index in [-0.39, 0.29) is 5.92 Å². The SMILES string of the molecule is Cc1nccn1-c1ccc(CC(C)C(=O)O)cc1Br. The third-order valence-corrected chi connectivity index (χ3v) is 3.70. The molecule has 1 N–H and O–H groups in total. The molecule has 1 heterocycles. The molecule has 5 heteroatoms. The number of hydrogen-bond donors (Lipinski definition) is 1. The van der Waals surface area contributed by atoms with Gasteiger partial charge in [-0.05, 0) is 47.0 Å². The van der Waals surface area contributed by atoms with Crippen molar-refractivity contribution in [2.75, 3.05) is 0 Å². The average molecular weight is 323 g/mol. The lowest BCUT2D eigenvalue weighted by Gasteiger charge is -2.11. The molecule has 0 saturated carbocycles. The summed E-state index contributed by atoms with van der Waals surface area (Å²) < 4.78 is 2.91. The van der Waals surface area contributed by atoms with E-state index < -0.39 is 5.97 Å².